The Labute approximate surface area is 134 Å². The Kier molecular flexibility index (Phi) is 5.39. The number of hydrogen-bond acceptors (Lipinski definition) is 1. The summed E-state index contributed by atoms with van der Waals surface area (Å²) in [5.74, 6) is 1.94. The smallest absolute Gasteiger partial charge is 0.0998 e. The summed E-state index contributed by atoms with van der Waals surface area (Å²) in [6, 6.07) is 18.8. The third-order valence-corrected chi connectivity index (χ3v) is 4.23. The largest absolute Gasteiger partial charge is 0.192 e. The Balaban J connectivity index is 2.32. The molecule has 0 spiro atoms. The van der Waals surface area contributed by atoms with Gasteiger partial charge in [0, 0.05) is 0 Å². The van der Waals surface area contributed by atoms with E-state index in [9.17, 15) is 5.26 Å². The van der Waals surface area contributed by atoms with Gasteiger partial charge in [-0.05, 0) is 46.9 Å². The highest BCUT2D eigenvalue weighted by Crippen LogP contribution is 2.32. The maximum absolute atomic E-state index is 9.24. The second kappa shape index (κ2) is 7.27. The van der Waals surface area contributed by atoms with Crippen molar-refractivity contribution in [3.05, 3.63) is 59.7 Å². The van der Waals surface area contributed by atoms with Crippen LogP contribution in [-0.2, 0) is 0 Å². The minimum Gasteiger partial charge on any atom is -0.192 e. The Morgan fingerprint density at radius 3 is 2.09 bits per heavy atom. The van der Waals surface area contributed by atoms with E-state index < -0.39 is 0 Å². The fourth-order valence-corrected chi connectivity index (χ4v) is 3.04. The molecular weight excluding hydrogens is 266 g/mol. The van der Waals surface area contributed by atoms with Gasteiger partial charge < -0.3 is 0 Å². The van der Waals surface area contributed by atoms with Gasteiger partial charge in [0.25, 0.3) is 0 Å². The van der Waals surface area contributed by atoms with E-state index in [0.717, 1.165) is 16.7 Å². The van der Waals surface area contributed by atoms with Gasteiger partial charge in [-0.1, -0.05) is 70.2 Å². The number of hydrogen-bond donors (Lipinski definition) is 0. The van der Waals surface area contributed by atoms with E-state index in [1.54, 1.807) is 0 Å². The molecule has 2 aromatic carbocycles. The van der Waals surface area contributed by atoms with Crippen LogP contribution in [0.15, 0.2) is 48.5 Å². The van der Waals surface area contributed by atoms with Crippen LogP contribution in [0.1, 0.15) is 51.2 Å². The quantitative estimate of drug-likeness (QED) is 0.661. The SMILES string of the molecule is CC(C)C[C@@H](c1ccc(-c2ccccc2C#N)cc1)C(C)C. The van der Waals surface area contributed by atoms with Crippen LogP contribution in [-0.4, -0.2) is 0 Å². The number of nitriles is 1. The first-order valence-corrected chi connectivity index (χ1v) is 8.12. The third kappa shape index (κ3) is 3.77. The van der Waals surface area contributed by atoms with Crippen molar-refractivity contribution in [3.8, 4) is 17.2 Å². The number of rotatable bonds is 5. The summed E-state index contributed by atoms with van der Waals surface area (Å²) in [4.78, 5) is 0. The Morgan fingerprint density at radius 1 is 0.909 bits per heavy atom. The van der Waals surface area contributed by atoms with Crippen molar-refractivity contribution >= 4 is 0 Å². The van der Waals surface area contributed by atoms with Crippen molar-refractivity contribution in [3.63, 3.8) is 0 Å². The van der Waals surface area contributed by atoms with Crippen molar-refractivity contribution in [1.29, 1.82) is 5.26 Å². The number of nitrogens with zero attached hydrogens (tertiary/aromatic N) is 1. The van der Waals surface area contributed by atoms with Crippen LogP contribution < -0.4 is 0 Å². The maximum Gasteiger partial charge on any atom is 0.0998 e. The van der Waals surface area contributed by atoms with Gasteiger partial charge in [0.15, 0.2) is 0 Å². The van der Waals surface area contributed by atoms with E-state index in [1.807, 2.05) is 24.3 Å². The lowest BCUT2D eigenvalue weighted by Gasteiger charge is -2.23. The first kappa shape index (κ1) is 16.3. The predicted octanol–water partition coefficient (Wildman–Crippen LogP) is 6.01. The molecule has 0 aliphatic heterocycles. The molecule has 1 heteroatoms. The van der Waals surface area contributed by atoms with E-state index in [0.29, 0.717) is 17.8 Å². The standard InChI is InChI=1S/C21H25N/c1-15(2)13-21(16(3)4)18-11-9-17(10-12-18)20-8-6-5-7-19(20)14-22/h5-12,15-16,21H,13H2,1-4H3/t21-/m1/s1. The highest BCUT2D eigenvalue weighted by Gasteiger charge is 2.17. The summed E-state index contributed by atoms with van der Waals surface area (Å²) >= 11 is 0. The molecule has 2 rings (SSSR count). The van der Waals surface area contributed by atoms with Gasteiger partial charge in [0.1, 0.15) is 0 Å². The molecule has 0 saturated heterocycles. The molecule has 0 N–H and O–H groups in total. The minimum absolute atomic E-state index is 0.597. The lowest BCUT2D eigenvalue weighted by atomic mass is 9.82. The van der Waals surface area contributed by atoms with Crippen molar-refractivity contribution < 1.29 is 0 Å². The zero-order valence-corrected chi connectivity index (χ0v) is 14.0. The van der Waals surface area contributed by atoms with Gasteiger partial charge in [-0.15, -0.1) is 0 Å². The molecule has 0 amide bonds. The molecule has 0 aliphatic carbocycles. The molecule has 114 valence electrons. The van der Waals surface area contributed by atoms with Crippen LogP contribution in [0.25, 0.3) is 11.1 Å². The minimum atomic E-state index is 0.597. The third-order valence-electron chi connectivity index (χ3n) is 4.23. The van der Waals surface area contributed by atoms with Gasteiger partial charge >= 0.3 is 0 Å². The first-order chi connectivity index (χ1) is 10.5. The summed E-state index contributed by atoms with van der Waals surface area (Å²) in [6.07, 6.45) is 1.21. The van der Waals surface area contributed by atoms with Crippen molar-refractivity contribution in [2.45, 2.75) is 40.0 Å². The second-order valence-corrected chi connectivity index (χ2v) is 6.76. The lowest BCUT2D eigenvalue weighted by molar-refractivity contribution is 0.408. The monoisotopic (exact) mass is 291 g/mol. The molecule has 1 nitrogen and oxygen atoms in total. The van der Waals surface area contributed by atoms with Crippen molar-refractivity contribution in [2.24, 2.45) is 11.8 Å². The van der Waals surface area contributed by atoms with Crippen LogP contribution in [0.4, 0.5) is 0 Å². The van der Waals surface area contributed by atoms with Crippen molar-refractivity contribution in [1.82, 2.24) is 0 Å². The Bertz CT molecular complexity index is 644. The molecule has 0 unspecified atom stereocenters. The summed E-state index contributed by atoms with van der Waals surface area (Å²) in [5, 5.41) is 9.24. The van der Waals surface area contributed by atoms with Gasteiger partial charge in [-0.3, -0.25) is 0 Å². The first-order valence-electron chi connectivity index (χ1n) is 8.12. The van der Waals surface area contributed by atoms with Gasteiger partial charge in [0.05, 0.1) is 11.6 Å². The Hall–Kier alpha value is -2.07. The Morgan fingerprint density at radius 2 is 1.55 bits per heavy atom. The molecule has 0 bridgehead atoms. The van der Waals surface area contributed by atoms with Crippen LogP contribution >= 0.6 is 0 Å². The molecule has 0 saturated carbocycles. The van der Waals surface area contributed by atoms with Gasteiger partial charge in [0.2, 0.25) is 0 Å². The average molecular weight is 291 g/mol. The normalized spacial score (nSPS) is 12.4. The summed E-state index contributed by atoms with van der Waals surface area (Å²) in [7, 11) is 0. The van der Waals surface area contributed by atoms with Crippen LogP contribution in [0, 0.1) is 23.2 Å². The highest BCUT2D eigenvalue weighted by atomic mass is 14.2. The molecule has 0 aromatic heterocycles. The topological polar surface area (TPSA) is 23.8 Å². The summed E-state index contributed by atoms with van der Waals surface area (Å²) in [6.45, 7) is 9.16. The van der Waals surface area contributed by atoms with E-state index in [4.69, 9.17) is 0 Å². The van der Waals surface area contributed by atoms with Gasteiger partial charge in [-0.2, -0.15) is 5.26 Å². The lowest BCUT2D eigenvalue weighted by Crippen LogP contribution is -2.09. The molecule has 0 heterocycles. The molecule has 0 aliphatic rings. The van der Waals surface area contributed by atoms with Crippen LogP contribution in [0.5, 0.6) is 0 Å². The highest BCUT2D eigenvalue weighted by molar-refractivity contribution is 5.70. The van der Waals surface area contributed by atoms with Gasteiger partial charge in [-0.25, -0.2) is 0 Å². The summed E-state index contributed by atoms with van der Waals surface area (Å²) in [5.41, 5.74) is 4.27. The number of benzene rings is 2. The van der Waals surface area contributed by atoms with Crippen LogP contribution in [0.3, 0.4) is 0 Å². The predicted molar refractivity (Wildman–Crippen MR) is 93.6 cm³/mol. The molecule has 22 heavy (non-hydrogen) atoms. The molecular formula is C21H25N. The van der Waals surface area contributed by atoms with Crippen LogP contribution in [0.2, 0.25) is 0 Å². The maximum atomic E-state index is 9.24. The second-order valence-electron chi connectivity index (χ2n) is 6.76. The molecule has 0 radical (unpaired) electrons. The zero-order valence-electron chi connectivity index (χ0n) is 14.0. The zero-order chi connectivity index (χ0) is 16.1. The van der Waals surface area contributed by atoms with E-state index >= 15 is 0 Å². The van der Waals surface area contributed by atoms with E-state index in [2.05, 4.69) is 58.0 Å². The van der Waals surface area contributed by atoms with E-state index in [1.165, 1.54) is 12.0 Å². The van der Waals surface area contributed by atoms with Crippen molar-refractivity contribution in [2.75, 3.05) is 0 Å². The molecule has 2 aromatic rings. The molecule has 0 fully saturated rings. The fourth-order valence-electron chi connectivity index (χ4n) is 3.04. The molecule has 1 atom stereocenters. The fraction of sp³-hybridized carbons (Fsp3) is 0.381. The van der Waals surface area contributed by atoms with E-state index in [-0.39, 0.29) is 0 Å². The summed E-state index contributed by atoms with van der Waals surface area (Å²) < 4.78 is 0. The average Bonchev–Trinajstić information content (AvgIpc) is 2.52.